The van der Waals surface area contributed by atoms with Gasteiger partial charge < -0.3 is 11.2 Å². The van der Waals surface area contributed by atoms with Crippen LogP contribution < -0.4 is 11.2 Å². The molecule has 0 radical (unpaired) electrons. The second kappa shape index (κ2) is 7.51. The highest BCUT2D eigenvalue weighted by Gasteiger charge is 2.30. The van der Waals surface area contributed by atoms with Gasteiger partial charge in [-0.05, 0) is 29.9 Å². The lowest BCUT2D eigenvalue weighted by Gasteiger charge is -2.18. The normalized spacial score (nSPS) is 14.9. The van der Waals surface area contributed by atoms with Crippen molar-refractivity contribution < 1.29 is 4.79 Å². The number of rotatable bonds is 7. The minimum absolute atomic E-state index is 0.0618. The molecule has 1 aliphatic rings. The monoisotopic (exact) mass is 385 g/mol. The summed E-state index contributed by atoms with van der Waals surface area (Å²) in [4.78, 5) is 13.6. The molecule has 1 amide bonds. The van der Waals surface area contributed by atoms with Gasteiger partial charge in [0.25, 0.3) is 0 Å². The van der Waals surface area contributed by atoms with Gasteiger partial charge in [0, 0.05) is 10.8 Å². The number of carbonyl (C=O) groups is 1. The summed E-state index contributed by atoms with van der Waals surface area (Å²) in [5.74, 6) is 7.46. The Hall–Kier alpha value is -2.32. The molecule has 0 spiro atoms. The first-order valence-corrected chi connectivity index (χ1v) is 10.3. The zero-order valence-electron chi connectivity index (χ0n) is 14.0. The smallest absolute Gasteiger partial charge is 0.231 e. The van der Waals surface area contributed by atoms with Gasteiger partial charge in [-0.25, -0.2) is 4.68 Å². The number of aromatic nitrogens is 3. The van der Waals surface area contributed by atoms with E-state index in [1.807, 2.05) is 47.8 Å². The van der Waals surface area contributed by atoms with Crippen molar-refractivity contribution in [2.45, 2.75) is 30.0 Å². The fraction of sp³-hybridized carbons (Fsp3) is 0.278. The molecule has 6 nitrogen and oxygen atoms in total. The van der Waals surface area contributed by atoms with E-state index in [0.717, 1.165) is 29.1 Å². The lowest BCUT2D eigenvalue weighted by Crippen LogP contribution is -2.30. The second-order valence-electron chi connectivity index (χ2n) is 6.20. The van der Waals surface area contributed by atoms with Gasteiger partial charge in [-0.2, -0.15) is 0 Å². The molecule has 8 heteroatoms. The first-order valence-electron chi connectivity index (χ1n) is 8.43. The zero-order chi connectivity index (χ0) is 17.9. The summed E-state index contributed by atoms with van der Waals surface area (Å²) >= 11 is 2.94. The molecule has 1 atom stereocenters. The molecule has 26 heavy (non-hydrogen) atoms. The zero-order valence-corrected chi connectivity index (χ0v) is 15.7. The van der Waals surface area contributed by atoms with Crippen LogP contribution >= 0.6 is 23.1 Å². The number of nitrogen functional groups attached to an aromatic ring is 1. The van der Waals surface area contributed by atoms with Crippen LogP contribution in [0, 0.1) is 0 Å². The van der Waals surface area contributed by atoms with E-state index < -0.39 is 0 Å². The average Bonchev–Trinajstić information content (AvgIpc) is 3.22. The highest BCUT2D eigenvalue weighted by atomic mass is 32.2. The molecule has 2 aromatic heterocycles. The van der Waals surface area contributed by atoms with Crippen LogP contribution in [0.5, 0.6) is 0 Å². The van der Waals surface area contributed by atoms with Gasteiger partial charge in [0.05, 0.1) is 11.8 Å². The first-order chi connectivity index (χ1) is 12.7. The van der Waals surface area contributed by atoms with Crippen LogP contribution in [0.1, 0.15) is 41.1 Å². The third-order valence-corrected chi connectivity index (χ3v) is 6.11. The Labute approximate surface area is 159 Å². The van der Waals surface area contributed by atoms with Crippen LogP contribution in [-0.2, 0) is 4.79 Å². The topological polar surface area (TPSA) is 85.8 Å². The Morgan fingerprint density at radius 3 is 2.77 bits per heavy atom. The number of hydrogen-bond donors (Lipinski definition) is 2. The maximum absolute atomic E-state index is 12.5. The molecule has 1 fully saturated rings. The number of nitrogens with zero attached hydrogens (tertiary/aromatic N) is 3. The predicted octanol–water partition coefficient (Wildman–Crippen LogP) is 2.93. The minimum Gasteiger partial charge on any atom is -0.344 e. The Kier molecular flexibility index (Phi) is 4.94. The number of thioether (sulfide) groups is 1. The van der Waals surface area contributed by atoms with Crippen molar-refractivity contribution in [1.82, 2.24) is 20.2 Å². The van der Waals surface area contributed by atoms with E-state index in [9.17, 15) is 4.79 Å². The Morgan fingerprint density at radius 1 is 1.27 bits per heavy atom. The lowest BCUT2D eigenvalue weighted by atomic mass is 10.1. The van der Waals surface area contributed by atoms with Gasteiger partial charge in [0.2, 0.25) is 11.1 Å². The molecular weight excluding hydrogens is 366 g/mol. The van der Waals surface area contributed by atoms with Gasteiger partial charge in [0.1, 0.15) is 0 Å². The Morgan fingerprint density at radius 2 is 2.08 bits per heavy atom. The SMILES string of the molecule is Nn1c(SCC(=O)N[C@@H](c2ccccc2)c2cccs2)nnc1C1CC1. The molecule has 2 heterocycles. The number of thiophene rings is 1. The van der Waals surface area contributed by atoms with Crippen molar-refractivity contribution in [3.63, 3.8) is 0 Å². The molecule has 0 aliphatic heterocycles. The second-order valence-corrected chi connectivity index (χ2v) is 8.12. The largest absolute Gasteiger partial charge is 0.344 e. The molecule has 0 saturated heterocycles. The maximum atomic E-state index is 12.5. The number of benzene rings is 1. The van der Waals surface area contributed by atoms with E-state index in [4.69, 9.17) is 5.84 Å². The fourth-order valence-corrected chi connectivity index (χ4v) is 4.24. The quantitative estimate of drug-likeness (QED) is 0.482. The van der Waals surface area contributed by atoms with Crippen molar-refractivity contribution >= 4 is 29.0 Å². The van der Waals surface area contributed by atoms with E-state index >= 15 is 0 Å². The predicted molar refractivity (Wildman–Crippen MR) is 104 cm³/mol. The highest BCUT2D eigenvalue weighted by molar-refractivity contribution is 7.99. The van der Waals surface area contributed by atoms with E-state index in [1.54, 1.807) is 11.3 Å². The summed E-state index contributed by atoms with van der Waals surface area (Å²) in [5.41, 5.74) is 1.06. The standard InChI is InChI=1S/C18H19N5OS2/c19-23-17(13-8-9-13)21-22-18(23)26-11-15(24)20-16(14-7-4-10-25-14)12-5-2-1-3-6-12/h1-7,10,13,16H,8-9,11,19H2,(H,20,24)/t16-/m0/s1. The average molecular weight is 386 g/mol. The molecule has 3 N–H and O–H groups in total. The van der Waals surface area contributed by atoms with Crippen LogP contribution in [-0.4, -0.2) is 26.5 Å². The van der Waals surface area contributed by atoms with Crippen LogP contribution in [0.4, 0.5) is 0 Å². The Balaban J connectivity index is 1.42. The molecule has 0 bridgehead atoms. The summed E-state index contributed by atoms with van der Waals surface area (Å²) < 4.78 is 1.52. The Bertz CT molecular complexity index is 874. The molecule has 0 unspecified atom stereocenters. The summed E-state index contributed by atoms with van der Waals surface area (Å²) in [5, 5.41) is 14.0. The van der Waals surface area contributed by atoms with E-state index in [1.165, 1.54) is 16.4 Å². The van der Waals surface area contributed by atoms with Gasteiger partial charge in [-0.1, -0.05) is 48.2 Å². The fourth-order valence-electron chi connectivity index (χ4n) is 2.76. The molecule has 3 aromatic rings. The summed E-state index contributed by atoms with van der Waals surface area (Å²) in [6, 6.07) is 13.9. The third-order valence-electron chi connectivity index (χ3n) is 4.23. The molecular formula is C18H19N5OS2. The van der Waals surface area contributed by atoms with Crippen molar-refractivity contribution in [3.05, 3.63) is 64.1 Å². The lowest BCUT2D eigenvalue weighted by molar-refractivity contribution is -0.119. The van der Waals surface area contributed by atoms with Crippen molar-refractivity contribution in [2.24, 2.45) is 0 Å². The molecule has 1 aromatic carbocycles. The summed E-state index contributed by atoms with van der Waals surface area (Å²) in [6.07, 6.45) is 2.22. The molecule has 4 rings (SSSR count). The molecule has 134 valence electrons. The van der Waals surface area contributed by atoms with Crippen molar-refractivity contribution in [2.75, 3.05) is 11.6 Å². The van der Waals surface area contributed by atoms with Crippen LogP contribution in [0.2, 0.25) is 0 Å². The van der Waals surface area contributed by atoms with Gasteiger partial charge >= 0.3 is 0 Å². The number of carbonyl (C=O) groups excluding carboxylic acids is 1. The molecule has 1 saturated carbocycles. The third kappa shape index (κ3) is 3.76. The number of nitrogens with two attached hydrogens (primary N) is 1. The maximum Gasteiger partial charge on any atom is 0.231 e. The van der Waals surface area contributed by atoms with Crippen LogP contribution in [0.25, 0.3) is 0 Å². The van der Waals surface area contributed by atoms with E-state index in [-0.39, 0.29) is 17.7 Å². The van der Waals surface area contributed by atoms with Crippen molar-refractivity contribution in [3.8, 4) is 0 Å². The number of nitrogens with one attached hydrogen (secondary N) is 1. The van der Waals surface area contributed by atoms with Crippen LogP contribution in [0.15, 0.2) is 53.0 Å². The van der Waals surface area contributed by atoms with Gasteiger partial charge in [0.15, 0.2) is 5.82 Å². The van der Waals surface area contributed by atoms with Gasteiger partial charge in [-0.15, -0.1) is 21.5 Å². The highest BCUT2D eigenvalue weighted by Crippen LogP contribution is 2.39. The first kappa shape index (κ1) is 17.1. The van der Waals surface area contributed by atoms with Gasteiger partial charge in [-0.3, -0.25) is 4.79 Å². The van der Waals surface area contributed by atoms with E-state index in [0.29, 0.717) is 11.1 Å². The van der Waals surface area contributed by atoms with E-state index in [2.05, 4.69) is 15.5 Å². The number of amides is 1. The number of hydrogen-bond acceptors (Lipinski definition) is 6. The summed E-state index contributed by atoms with van der Waals surface area (Å²) in [7, 11) is 0. The molecule has 1 aliphatic carbocycles. The summed E-state index contributed by atoms with van der Waals surface area (Å²) in [6.45, 7) is 0. The van der Waals surface area contributed by atoms with Crippen molar-refractivity contribution in [1.29, 1.82) is 0 Å². The minimum atomic E-state index is -0.151. The van der Waals surface area contributed by atoms with Crippen LogP contribution in [0.3, 0.4) is 0 Å².